The van der Waals surface area contributed by atoms with Crippen molar-refractivity contribution in [3.8, 4) is 0 Å². The Morgan fingerprint density at radius 3 is 2.11 bits per heavy atom. The van der Waals surface area contributed by atoms with Crippen LogP contribution in [0.5, 0.6) is 0 Å². The Labute approximate surface area is 165 Å². The van der Waals surface area contributed by atoms with E-state index in [1.54, 1.807) is 24.3 Å². The first-order valence-electron chi connectivity index (χ1n) is 9.01. The lowest BCUT2D eigenvalue weighted by atomic mass is 9.86. The SMILES string of the molecule is COC(=O)c1ccccc1Nc1cc(Nc2ccccc2C(C)(C)C)ncn1. The average Bonchev–Trinajstić information content (AvgIpc) is 2.68. The van der Waals surface area contributed by atoms with Gasteiger partial charge in [0, 0.05) is 11.8 Å². The van der Waals surface area contributed by atoms with Crippen molar-refractivity contribution in [1.82, 2.24) is 9.97 Å². The van der Waals surface area contributed by atoms with Crippen LogP contribution in [0.4, 0.5) is 23.0 Å². The Kier molecular flexibility index (Phi) is 5.59. The lowest BCUT2D eigenvalue weighted by Gasteiger charge is -2.23. The molecule has 0 spiro atoms. The van der Waals surface area contributed by atoms with Crippen molar-refractivity contribution in [2.24, 2.45) is 0 Å². The number of rotatable bonds is 5. The zero-order chi connectivity index (χ0) is 20.1. The molecule has 1 aromatic heterocycles. The minimum Gasteiger partial charge on any atom is -0.465 e. The fourth-order valence-electron chi connectivity index (χ4n) is 2.90. The van der Waals surface area contributed by atoms with E-state index in [0.29, 0.717) is 22.9 Å². The Morgan fingerprint density at radius 2 is 1.46 bits per heavy atom. The highest BCUT2D eigenvalue weighted by Gasteiger charge is 2.18. The maximum atomic E-state index is 12.0. The van der Waals surface area contributed by atoms with E-state index in [1.807, 2.05) is 24.3 Å². The summed E-state index contributed by atoms with van der Waals surface area (Å²) >= 11 is 0. The molecule has 0 saturated carbocycles. The molecule has 2 N–H and O–H groups in total. The number of anilines is 4. The summed E-state index contributed by atoms with van der Waals surface area (Å²) < 4.78 is 4.84. The Balaban J connectivity index is 1.86. The number of carbonyl (C=O) groups is 1. The molecule has 0 unspecified atom stereocenters. The third-order valence-electron chi connectivity index (χ3n) is 4.26. The maximum Gasteiger partial charge on any atom is 0.339 e. The fraction of sp³-hybridized carbons (Fsp3) is 0.227. The second kappa shape index (κ2) is 8.08. The van der Waals surface area contributed by atoms with E-state index in [-0.39, 0.29) is 5.41 Å². The van der Waals surface area contributed by atoms with E-state index in [4.69, 9.17) is 4.74 Å². The van der Waals surface area contributed by atoms with Crippen LogP contribution in [-0.4, -0.2) is 23.0 Å². The molecule has 3 aromatic rings. The number of aromatic nitrogens is 2. The number of nitrogens with zero attached hydrogens (tertiary/aromatic N) is 2. The van der Waals surface area contributed by atoms with Crippen LogP contribution in [0.25, 0.3) is 0 Å². The summed E-state index contributed by atoms with van der Waals surface area (Å²) in [6.45, 7) is 6.51. The van der Waals surface area contributed by atoms with Crippen molar-refractivity contribution < 1.29 is 9.53 Å². The zero-order valence-corrected chi connectivity index (χ0v) is 16.5. The standard InChI is InChI=1S/C22H24N4O2/c1-22(2,3)16-10-6-8-12-18(16)26-20-13-19(23-14-24-20)25-17-11-7-5-9-15(17)21(27)28-4/h5-14H,1-4H3,(H2,23,24,25,26). The van der Waals surface area contributed by atoms with Crippen LogP contribution in [-0.2, 0) is 10.2 Å². The topological polar surface area (TPSA) is 76.1 Å². The number of ether oxygens (including phenoxy) is 1. The number of hydrogen-bond acceptors (Lipinski definition) is 6. The quantitative estimate of drug-likeness (QED) is 0.607. The van der Waals surface area contributed by atoms with Gasteiger partial charge in [-0.3, -0.25) is 0 Å². The molecule has 2 aromatic carbocycles. The lowest BCUT2D eigenvalue weighted by molar-refractivity contribution is 0.0602. The third-order valence-corrected chi connectivity index (χ3v) is 4.26. The first-order chi connectivity index (χ1) is 13.4. The summed E-state index contributed by atoms with van der Waals surface area (Å²) in [4.78, 5) is 20.5. The molecule has 1 heterocycles. The van der Waals surface area contributed by atoms with Gasteiger partial charge < -0.3 is 15.4 Å². The molecule has 144 valence electrons. The van der Waals surface area contributed by atoms with Crippen LogP contribution in [0.15, 0.2) is 60.9 Å². The van der Waals surface area contributed by atoms with Crippen LogP contribution in [0.1, 0.15) is 36.7 Å². The summed E-state index contributed by atoms with van der Waals surface area (Å²) in [6, 6.07) is 17.1. The first-order valence-corrected chi connectivity index (χ1v) is 9.01. The summed E-state index contributed by atoms with van der Waals surface area (Å²) in [7, 11) is 1.36. The van der Waals surface area contributed by atoms with Gasteiger partial charge in [0.05, 0.1) is 18.4 Å². The molecule has 0 aliphatic heterocycles. The van der Waals surface area contributed by atoms with Crippen LogP contribution >= 0.6 is 0 Å². The van der Waals surface area contributed by atoms with Gasteiger partial charge in [0.1, 0.15) is 18.0 Å². The van der Waals surface area contributed by atoms with Crippen molar-refractivity contribution in [1.29, 1.82) is 0 Å². The van der Waals surface area contributed by atoms with Gasteiger partial charge in [-0.1, -0.05) is 51.1 Å². The highest BCUT2D eigenvalue weighted by Crippen LogP contribution is 2.31. The smallest absolute Gasteiger partial charge is 0.339 e. The van der Waals surface area contributed by atoms with E-state index in [0.717, 1.165) is 5.69 Å². The van der Waals surface area contributed by atoms with Crippen LogP contribution in [0.3, 0.4) is 0 Å². The molecule has 3 rings (SSSR count). The number of hydrogen-bond donors (Lipinski definition) is 2. The molecular formula is C22H24N4O2. The summed E-state index contributed by atoms with van der Waals surface area (Å²) in [5.41, 5.74) is 3.25. The molecule has 0 fully saturated rings. The number of benzene rings is 2. The molecule has 0 bridgehead atoms. The molecule has 0 saturated heterocycles. The maximum absolute atomic E-state index is 12.0. The highest BCUT2D eigenvalue weighted by molar-refractivity contribution is 5.96. The van der Waals surface area contributed by atoms with Crippen molar-refractivity contribution in [2.75, 3.05) is 17.7 Å². The Bertz CT molecular complexity index is 980. The number of esters is 1. The summed E-state index contributed by atoms with van der Waals surface area (Å²) in [5.74, 6) is 0.821. The first kappa shape index (κ1) is 19.4. The average molecular weight is 376 g/mol. The molecular weight excluding hydrogens is 352 g/mol. The van der Waals surface area contributed by atoms with E-state index >= 15 is 0 Å². The van der Waals surface area contributed by atoms with Gasteiger partial charge in [-0.25, -0.2) is 14.8 Å². The van der Waals surface area contributed by atoms with Gasteiger partial charge in [0.2, 0.25) is 0 Å². The number of methoxy groups -OCH3 is 1. The molecule has 0 radical (unpaired) electrons. The number of carbonyl (C=O) groups excluding carboxylic acids is 1. The highest BCUT2D eigenvalue weighted by atomic mass is 16.5. The monoisotopic (exact) mass is 376 g/mol. The van der Waals surface area contributed by atoms with E-state index in [9.17, 15) is 4.79 Å². The van der Waals surface area contributed by atoms with Crippen molar-refractivity contribution in [3.05, 3.63) is 72.1 Å². The summed E-state index contributed by atoms with van der Waals surface area (Å²) in [6.07, 6.45) is 1.48. The van der Waals surface area contributed by atoms with Gasteiger partial charge >= 0.3 is 5.97 Å². The molecule has 6 heteroatoms. The second-order valence-electron chi connectivity index (χ2n) is 7.37. The normalized spacial score (nSPS) is 11.0. The zero-order valence-electron chi connectivity index (χ0n) is 16.5. The fourth-order valence-corrected chi connectivity index (χ4v) is 2.90. The van der Waals surface area contributed by atoms with E-state index in [1.165, 1.54) is 19.0 Å². The van der Waals surface area contributed by atoms with Gasteiger partial charge in [-0.15, -0.1) is 0 Å². The Hall–Kier alpha value is -3.41. The van der Waals surface area contributed by atoms with Crippen LogP contribution in [0, 0.1) is 0 Å². The Morgan fingerprint density at radius 1 is 0.893 bits per heavy atom. The molecule has 0 atom stereocenters. The minimum atomic E-state index is -0.408. The van der Waals surface area contributed by atoms with Gasteiger partial charge in [-0.2, -0.15) is 0 Å². The van der Waals surface area contributed by atoms with Crippen molar-refractivity contribution in [3.63, 3.8) is 0 Å². The third kappa shape index (κ3) is 4.46. The molecule has 0 aliphatic carbocycles. The second-order valence-corrected chi connectivity index (χ2v) is 7.37. The molecule has 0 amide bonds. The van der Waals surface area contributed by atoms with Gasteiger partial charge in [-0.05, 0) is 29.2 Å². The van der Waals surface area contributed by atoms with Crippen molar-refractivity contribution in [2.45, 2.75) is 26.2 Å². The van der Waals surface area contributed by atoms with Gasteiger partial charge in [0.15, 0.2) is 0 Å². The van der Waals surface area contributed by atoms with Crippen LogP contribution in [0.2, 0.25) is 0 Å². The van der Waals surface area contributed by atoms with Gasteiger partial charge in [0.25, 0.3) is 0 Å². The molecule has 6 nitrogen and oxygen atoms in total. The number of para-hydroxylation sites is 2. The predicted octanol–water partition coefficient (Wildman–Crippen LogP) is 5.05. The molecule has 28 heavy (non-hydrogen) atoms. The largest absolute Gasteiger partial charge is 0.465 e. The van der Waals surface area contributed by atoms with Crippen LogP contribution < -0.4 is 10.6 Å². The van der Waals surface area contributed by atoms with Crippen molar-refractivity contribution >= 4 is 29.0 Å². The van der Waals surface area contributed by atoms with E-state index in [2.05, 4.69) is 47.4 Å². The minimum absolute atomic E-state index is 0.00282. The van der Waals surface area contributed by atoms with E-state index < -0.39 is 5.97 Å². The number of nitrogens with one attached hydrogen (secondary N) is 2. The summed E-state index contributed by atoms with van der Waals surface area (Å²) in [5, 5.41) is 6.54. The lowest BCUT2D eigenvalue weighted by Crippen LogP contribution is -2.13. The predicted molar refractivity (Wildman–Crippen MR) is 112 cm³/mol. The molecule has 0 aliphatic rings.